The van der Waals surface area contributed by atoms with Crippen molar-refractivity contribution < 1.29 is 18.4 Å². The first-order chi connectivity index (χ1) is 12.1. The van der Waals surface area contributed by atoms with Crippen molar-refractivity contribution in [3.05, 3.63) is 54.2 Å². The molecule has 2 heterocycles. The van der Waals surface area contributed by atoms with Gasteiger partial charge in [0.05, 0.1) is 11.8 Å². The van der Waals surface area contributed by atoms with Crippen LogP contribution in [0.5, 0.6) is 0 Å². The van der Waals surface area contributed by atoms with Crippen LogP contribution in [0.1, 0.15) is 23.2 Å². The first-order valence-corrected chi connectivity index (χ1v) is 8.24. The van der Waals surface area contributed by atoms with E-state index in [1.807, 2.05) is 0 Å². The van der Waals surface area contributed by atoms with Gasteiger partial charge in [0.15, 0.2) is 0 Å². The van der Waals surface area contributed by atoms with Gasteiger partial charge in [-0.3, -0.25) is 4.79 Å². The van der Waals surface area contributed by atoms with Crippen molar-refractivity contribution in [1.29, 1.82) is 0 Å². The van der Waals surface area contributed by atoms with Crippen molar-refractivity contribution in [2.75, 3.05) is 25.0 Å². The van der Waals surface area contributed by atoms with E-state index in [9.17, 15) is 14.0 Å². The molecular weight excluding hydrogens is 325 g/mol. The fourth-order valence-corrected chi connectivity index (χ4v) is 2.85. The zero-order valence-corrected chi connectivity index (χ0v) is 13.7. The molecule has 0 saturated carbocycles. The summed E-state index contributed by atoms with van der Waals surface area (Å²) in [7, 11) is 0. The van der Waals surface area contributed by atoms with E-state index in [4.69, 9.17) is 4.42 Å². The third kappa shape index (κ3) is 4.59. The SMILES string of the molecule is O=C(NCC1CCN(C(=O)c2ccoc2)CC1)Nc1ccc(F)cc1. The Bertz CT molecular complexity index is 708. The zero-order chi connectivity index (χ0) is 17.6. The highest BCUT2D eigenvalue weighted by Crippen LogP contribution is 2.18. The molecular formula is C18H20FN3O3. The molecule has 1 aliphatic rings. The lowest BCUT2D eigenvalue weighted by Crippen LogP contribution is -2.42. The molecule has 0 bridgehead atoms. The van der Waals surface area contributed by atoms with E-state index >= 15 is 0 Å². The first-order valence-electron chi connectivity index (χ1n) is 8.24. The molecule has 2 N–H and O–H groups in total. The molecule has 1 fully saturated rings. The summed E-state index contributed by atoms with van der Waals surface area (Å²) in [5.41, 5.74) is 1.11. The van der Waals surface area contributed by atoms with Crippen LogP contribution in [-0.2, 0) is 0 Å². The van der Waals surface area contributed by atoms with Gasteiger partial charge in [-0.15, -0.1) is 0 Å². The molecule has 0 aliphatic carbocycles. The number of hydrogen-bond donors (Lipinski definition) is 2. The summed E-state index contributed by atoms with van der Waals surface area (Å²) >= 11 is 0. The van der Waals surface area contributed by atoms with Crippen LogP contribution >= 0.6 is 0 Å². The summed E-state index contributed by atoms with van der Waals surface area (Å²) in [6.07, 6.45) is 4.61. The number of urea groups is 1. The number of rotatable bonds is 4. The Kier molecular flexibility index (Phi) is 5.33. The molecule has 25 heavy (non-hydrogen) atoms. The van der Waals surface area contributed by atoms with E-state index in [2.05, 4.69) is 10.6 Å². The molecule has 2 aromatic rings. The molecule has 1 aromatic carbocycles. The standard InChI is InChI=1S/C18H20FN3O3/c19-15-1-3-16(4-2-15)21-18(24)20-11-13-5-8-22(9-6-13)17(23)14-7-10-25-12-14/h1-4,7,10,12-13H,5-6,8-9,11H2,(H2,20,21,24). The summed E-state index contributed by atoms with van der Waals surface area (Å²) < 4.78 is 17.8. The number of nitrogens with zero attached hydrogens (tertiary/aromatic N) is 1. The van der Waals surface area contributed by atoms with Gasteiger partial charge in [-0.25, -0.2) is 9.18 Å². The molecule has 0 spiro atoms. The maximum Gasteiger partial charge on any atom is 0.319 e. The quantitative estimate of drug-likeness (QED) is 0.894. The molecule has 132 valence electrons. The summed E-state index contributed by atoms with van der Waals surface area (Å²) in [5, 5.41) is 5.49. The number of halogens is 1. The maximum absolute atomic E-state index is 12.8. The number of nitrogens with one attached hydrogen (secondary N) is 2. The van der Waals surface area contributed by atoms with Crippen LogP contribution in [-0.4, -0.2) is 36.5 Å². The van der Waals surface area contributed by atoms with Crippen LogP contribution < -0.4 is 10.6 Å². The van der Waals surface area contributed by atoms with Gasteiger partial charge in [-0.05, 0) is 49.1 Å². The Morgan fingerprint density at radius 2 is 1.88 bits per heavy atom. The van der Waals surface area contributed by atoms with E-state index in [1.54, 1.807) is 11.0 Å². The first kappa shape index (κ1) is 17.0. The predicted octanol–water partition coefficient (Wildman–Crippen LogP) is 3.09. The van der Waals surface area contributed by atoms with Crippen molar-refractivity contribution in [3.63, 3.8) is 0 Å². The highest BCUT2D eigenvalue weighted by Gasteiger charge is 2.24. The number of piperidine rings is 1. The van der Waals surface area contributed by atoms with Crippen molar-refractivity contribution in [2.45, 2.75) is 12.8 Å². The lowest BCUT2D eigenvalue weighted by Gasteiger charge is -2.31. The average molecular weight is 345 g/mol. The summed E-state index contributed by atoms with van der Waals surface area (Å²) in [6, 6.07) is 6.95. The third-order valence-corrected chi connectivity index (χ3v) is 4.32. The number of amides is 3. The van der Waals surface area contributed by atoms with Gasteiger partial charge in [0.1, 0.15) is 12.1 Å². The number of carbonyl (C=O) groups excluding carboxylic acids is 2. The van der Waals surface area contributed by atoms with E-state index in [1.165, 1.54) is 36.8 Å². The number of anilines is 1. The second-order valence-electron chi connectivity index (χ2n) is 6.09. The van der Waals surface area contributed by atoms with Crippen LogP contribution in [0.3, 0.4) is 0 Å². The van der Waals surface area contributed by atoms with Gasteiger partial charge in [0.2, 0.25) is 0 Å². The van der Waals surface area contributed by atoms with Crippen molar-refractivity contribution in [2.24, 2.45) is 5.92 Å². The Balaban J connectivity index is 1.39. The number of benzene rings is 1. The Labute approximate surface area is 145 Å². The third-order valence-electron chi connectivity index (χ3n) is 4.32. The maximum atomic E-state index is 12.8. The van der Waals surface area contributed by atoms with Crippen molar-refractivity contribution in [3.8, 4) is 0 Å². The fraction of sp³-hybridized carbons (Fsp3) is 0.333. The van der Waals surface area contributed by atoms with Crippen molar-refractivity contribution >= 4 is 17.6 Å². The molecule has 0 atom stereocenters. The monoisotopic (exact) mass is 345 g/mol. The normalized spacial score (nSPS) is 15.0. The number of furan rings is 1. The average Bonchev–Trinajstić information content (AvgIpc) is 3.16. The molecule has 7 heteroatoms. The summed E-state index contributed by atoms with van der Waals surface area (Å²) in [6.45, 7) is 1.87. The van der Waals surface area contributed by atoms with Crippen LogP contribution in [0.2, 0.25) is 0 Å². The molecule has 0 unspecified atom stereocenters. The van der Waals surface area contributed by atoms with E-state index in [0.717, 1.165) is 12.8 Å². The highest BCUT2D eigenvalue weighted by atomic mass is 19.1. The van der Waals surface area contributed by atoms with Gasteiger partial charge >= 0.3 is 6.03 Å². The zero-order valence-electron chi connectivity index (χ0n) is 13.7. The number of hydrogen-bond acceptors (Lipinski definition) is 3. The Hall–Kier alpha value is -2.83. The Morgan fingerprint density at radius 1 is 1.16 bits per heavy atom. The van der Waals surface area contributed by atoms with Gasteiger partial charge in [0, 0.05) is 25.3 Å². The minimum Gasteiger partial charge on any atom is -0.472 e. The predicted molar refractivity (Wildman–Crippen MR) is 90.8 cm³/mol. The van der Waals surface area contributed by atoms with Gasteiger partial charge in [-0.1, -0.05) is 0 Å². The summed E-state index contributed by atoms with van der Waals surface area (Å²) in [5.74, 6) is -0.0377. The molecule has 1 saturated heterocycles. The second-order valence-corrected chi connectivity index (χ2v) is 6.09. The smallest absolute Gasteiger partial charge is 0.319 e. The molecule has 1 aliphatic heterocycles. The molecule has 1 aromatic heterocycles. The van der Waals surface area contributed by atoms with Crippen LogP contribution in [0.25, 0.3) is 0 Å². The van der Waals surface area contributed by atoms with Gasteiger partial charge in [-0.2, -0.15) is 0 Å². The molecule has 6 nitrogen and oxygen atoms in total. The minimum absolute atomic E-state index is 0.0192. The summed E-state index contributed by atoms with van der Waals surface area (Å²) in [4.78, 5) is 25.9. The lowest BCUT2D eigenvalue weighted by molar-refractivity contribution is 0.0690. The molecule has 3 amide bonds. The largest absolute Gasteiger partial charge is 0.472 e. The van der Waals surface area contributed by atoms with E-state index in [-0.39, 0.29) is 17.8 Å². The second kappa shape index (κ2) is 7.83. The van der Waals surface area contributed by atoms with Crippen molar-refractivity contribution in [1.82, 2.24) is 10.2 Å². The fourth-order valence-electron chi connectivity index (χ4n) is 2.85. The van der Waals surface area contributed by atoms with E-state index < -0.39 is 0 Å². The Morgan fingerprint density at radius 3 is 2.52 bits per heavy atom. The number of likely N-dealkylation sites (tertiary alicyclic amines) is 1. The van der Waals surface area contributed by atoms with Gasteiger partial charge in [0.25, 0.3) is 5.91 Å². The van der Waals surface area contributed by atoms with Crippen LogP contribution in [0.15, 0.2) is 47.3 Å². The number of carbonyl (C=O) groups is 2. The topological polar surface area (TPSA) is 74.6 Å². The molecule has 3 rings (SSSR count). The van der Waals surface area contributed by atoms with Crippen LogP contribution in [0, 0.1) is 11.7 Å². The van der Waals surface area contributed by atoms with Crippen LogP contribution in [0.4, 0.5) is 14.9 Å². The minimum atomic E-state index is -0.345. The van der Waals surface area contributed by atoms with Gasteiger partial charge < -0.3 is 20.0 Å². The van der Waals surface area contributed by atoms with E-state index in [0.29, 0.717) is 36.8 Å². The molecule has 0 radical (unpaired) electrons. The lowest BCUT2D eigenvalue weighted by atomic mass is 9.96. The highest BCUT2D eigenvalue weighted by molar-refractivity contribution is 5.93.